The van der Waals surface area contributed by atoms with Gasteiger partial charge in [0, 0.05) is 31.3 Å². The van der Waals surface area contributed by atoms with E-state index in [2.05, 4.69) is 26.1 Å². The van der Waals surface area contributed by atoms with Gasteiger partial charge in [0.05, 0.1) is 5.60 Å². The van der Waals surface area contributed by atoms with E-state index in [0.717, 1.165) is 0 Å². The number of hydrogen-bond donors (Lipinski definition) is 2. The van der Waals surface area contributed by atoms with Crippen molar-refractivity contribution in [2.45, 2.75) is 47.1 Å². The van der Waals surface area contributed by atoms with Gasteiger partial charge in [-0.25, -0.2) is 0 Å². The quantitative estimate of drug-likeness (QED) is 0.830. The summed E-state index contributed by atoms with van der Waals surface area (Å²) in [6, 6.07) is 6.68. The van der Waals surface area contributed by atoms with Crippen LogP contribution >= 0.6 is 0 Å². The zero-order valence-corrected chi connectivity index (χ0v) is 16.5. The average Bonchev–Trinajstić information content (AvgIpc) is 2.50. The van der Waals surface area contributed by atoms with Crippen LogP contribution in [0.5, 0.6) is 0 Å². The molecule has 140 valence electrons. The third-order valence-electron chi connectivity index (χ3n) is 4.28. The number of hydrogen-bond acceptors (Lipinski definition) is 3. The number of aliphatic hydroxyl groups is 1. The highest BCUT2D eigenvalue weighted by molar-refractivity contribution is 5.99. The topological polar surface area (TPSA) is 69.6 Å². The van der Waals surface area contributed by atoms with Crippen LogP contribution in [0.15, 0.2) is 24.3 Å². The number of carbonyl (C=O) groups excluding carboxylic acids is 2. The van der Waals surface area contributed by atoms with Gasteiger partial charge in [-0.3, -0.25) is 9.59 Å². The molecule has 1 atom stereocenters. The van der Waals surface area contributed by atoms with Crippen molar-refractivity contribution in [1.82, 2.24) is 10.2 Å². The summed E-state index contributed by atoms with van der Waals surface area (Å²) in [5, 5.41) is 13.0. The van der Waals surface area contributed by atoms with Gasteiger partial charge < -0.3 is 15.3 Å². The lowest BCUT2D eigenvalue weighted by atomic mass is 9.92. The smallest absolute Gasteiger partial charge is 0.253 e. The summed E-state index contributed by atoms with van der Waals surface area (Å²) >= 11 is 0. The molecule has 1 unspecified atom stereocenters. The molecule has 0 saturated heterocycles. The molecule has 2 amide bonds. The minimum absolute atomic E-state index is 0.00181. The highest BCUT2D eigenvalue weighted by atomic mass is 16.3. The summed E-state index contributed by atoms with van der Waals surface area (Å²) in [6.07, 6.45) is 0. The summed E-state index contributed by atoms with van der Waals surface area (Å²) < 4.78 is 0. The molecule has 0 aliphatic heterocycles. The van der Waals surface area contributed by atoms with Crippen molar-refractivity contribution in [2.24, 2.45) is 11.3 Å². The Balaban J connectivity index is 2.83. The summed E-state index contributed by atoms with van der Waals surface area (Å²) in [5.41, 5.74) is -0.0812. The van der Waals surface area contributed by atoms with Gasteiger partial charge in [-0.15, -0.1) is 0 Å². The molecule has 0 aliphatic carbocycles. The first-order chi connectivity index (χ1) is 11.3. The molecular formula is C20H32N2O3. The molecule has 1 rings (SSSR count). The largest absolute Gasteiger partial charge is 0.388 e. The Morgan fingerprint density at radius 1 is 1.16 bits per heavy atom. The van der Waals surface area contributed by atoms with Crippen LogP contribution in [-0.4, -0.2) is 47.6 Å². The van der Waals surface area contributed by atoms with Crippen LogP contribution < -0.4 is 5.32 Å². The lowest BCUT2D eigenvalue weighted by Gasteiger charge is -2.28. The van der Waals surface area contributed by atoms with E-state index in [1.54, 1.807) is 43.1 Å². The summed E-state index contributed by atoms with van der Waals surface area (Å²) in [6.45, 7) is 12.5. The first-order valence-electron chi connectivity index (χ1n) is 8.69. The molecule has 0 spiro atoms. The van der Waals surface area contributed by atoms with Gasteiger partial charge in [0.2, 0.25) is 0 Å². The molecule has 1 aromatic carbocycles. The maximum absolute atomic E-state index is 12.6. The van der Waals surface area contributed by atoms with Crippen molar-refractivity contribution in [3.63, 3.8) is 0 Å². The first-order valence-corrected chi connectivity index (χ1v) is 8.69. The standard InChI is InChI=1S/C20H32N2O3/c1-14(2)20(6,25)12-21-17(23)15-9-8-10-16(11-15)18(24)22(7)13-19(3,4)5/h8-11,14,25H,12-13H2,1-7H3,(H,21,23). The van der Waals surface area contributed by atoms with Crippen molar-refractivity contribution in [3.8, 4) is 0 Å². The fraction of sp³-hybridized carbons (Fsp3) is 0.600. The minimum atomic E-state index is -0.976. The molecule has 5 nitrogen and oxygen atoms in total. The minimum Gasteiger partial charge on any atom is -0.388 e. The second-order valence-corrected chi connectivity index (χ2v) is 8.50. The highest BCUT2D eigenvalue weighted by Gasteiger charge is 2.26. The molecule has 0 radical (unpaired) electrons. The Morgan fingerprint density at radius 3 is 2.24 bits per heavy atom. The third kappa shape index (κ3) is 6.50. The van der Waals surface area contributed by atoms with E-state index in [0.29, 0.717) is 17.7 Å². The van der Waals surface area contributed by atoms with Gasteiger partial charge in [0.1, 0.15) is 0 Å². The van der Waals surface area contributed by atoms with Crippen LogP contribution in [0.4, 0.5) is 0 Å². The van der Waals surface area contributed by atoms with Gasteiger partial charge >= 0.3 is 0 Å². The van der Waals surface area contributed by atoms with Crippen molar-refractivity contribution >= 4 is 11.8 Å². The SMILES string of the molecule is CC(C)C(C)(O)CNC(=O)c1cccc(C(=O)N(C)CC(C)(C)C)c1. The second kappa shape index (κ2) is 8.00. The third-order valence-corrected chi connectivity index (χ3v) is 4.28. The van der Waals surface area contributed by atoms with E-state index in [1.165, 1.54) is 0 Å². The van der Waals surface area contributed by atoms with Crippen molar-refractivity contribution in [1.29, 1.82) is 0 Å². The van der Waals surface area contributed by atoms with Gasteiger partial charge in [-0.2, -0.15) is 0 Å². The molecule has 0 fully saturated rings. The summed E-state index contributed by atoms with van der Waals surface area (Å²) in [5.74, 6) is -0.389. The summed E-state index contributed by atoms with van der Waals surface area (Å²) in [7, 11) is 1.76. The number of nitrogens with zero attached hydrogens (tertiary/aromatic N) is 1. The molecular weight excluding hydrogens is 316 g/mol. The van der Waals surface area contributed by atoms with Gasteiger partial charge in [0.25, 0.3) is 11.8 Å². The van der Waals surface area contributed by atoms with Crippen molar-refractivity contribution < 1.29 is 14.7 Å². The molecule has 0 saturated carbocycles. The van der Waals surface area contributed by atoms with Crippen LogP contribution in [0, 0.1) is 11.3 Å². The predicted molar refractivity (Wildman–Crippen MR) is 101 cm³/mol. The van der Waals surface area contributed by atoms with Crippen LogP contribution in [0.1, 0.15) is 62.3 Å². The number of amides is 2. The Morgan fingerprint density at radius 2 is 1.72 bits per heavy atom. The number of nitrogens with one attached hydrogen (secondary N) is 1. The lowest BCUT2D eigenvalue weighted by molar-refractivity contribution is 0.0142. The average molecular weight is 348 g/mol. The van der Waals surface area contributed by atoms with Gasteiger partial charge in [-0.1, -0.05) is 40.7 Å². The van der Waals surface area contributed by atoms with Crippen LogP contribution in [0.2, 0.25) is 0 Å². The Hall–Kier alpha value is -1.88. The molecule has 0 bridgehead atoms. The Kier molecular flexibility index (Phi) is 6.77. The van der Waals surface area contributed by atoms with Crippen LogP contribution in [0.25, 0.3) is 0 Å². The van der Waals surface area contributed by atoms with Crippen molar-refractivity contribution in [2.75, 3.05) is 20.1 Å². The van der Waals surface area contributed by atoms with E-state index in [9.17, 15) is 14.7 Å². The van der Waals surface area contributed by atoms with Crippen molar-refractivity contribution in [3.05, 3.63) is 35.4 Å². The molecule has 1 aromatic rings. The molecule has 25 heavy (non-hydrogen) atoms. The lowest BCUT2D eigenvalue weighted by Crippen LogP contribution is -2.44. The maximum atomic E-state index is 12.6. The first kappa shape index (κ1) is 21.2. The Labute approximate surface area is 151 Å². The van der Waals surface area contributed by atoms with E-state index in [-0.39, 0.29) is 29.7 Å². The van der Waals surface area contributed by atoms with Crippen LogP contribution in [0.3, 0.4) is 0 Å². The van der Waals surface area contributed by atoms with Gasteiger partial charge in [0.15, 0.2) is 0 Å². The fourth-order valence-corrected chi connectivity index (χ4v) is 2.36. The molecule has 0 heterocycles. The van der Waals surface area contributed by atoms with E-state index < -0.39 is 5.60 Å². The second-order valence-electron chi connectivity index (χ2n) is 8.50. The summed E-state index contributed by atoms with van der Waals surface area (Å²) in [4.78, 5) is 26.6. The molecule has 0 aromatic heterocycles. The van der Waals surface area contributed by atoms with E-state index in [4.69, 9.17) is 0 Å². The van der Waals surface area contributed by atoms with E-state index in [1.807, 2.05) is 13.8 Å². The van der Waals surface area contributed by atoms with Crippen LogP contribution in [-0.2, 0) is 0 Å². The normalized spacial score (nSPS) is 14.1. The number of benzene rings is 1. The van der Waals surface area contributed by atoms with Gasteiger partial charge in [-0.05, 0) is 36.5 Å². The molecule has 0 aliphatic rings. The maximum Gasteiger partial charge on any atom is 0.253 e. The molecule has 5 heteroatoms. The highest BCUT2D eigenvalue weighted by Crippen LogP contribution is 2.17. The number of rotatable bonds is 6. The number of carbonyl (C=O) groups is 2. The fourth-order valence-electron chi connectivity index (χ4n) is 2.36. The monoisotopic (exact) mass is 348 g/mol. The predicted octanol–water partition coefficient (Wildman–Crippen LogP) is 2.94. The molecule has 2 N–H and O–H groups in total. The zero-order chi connectivity index (χ0) is 19.4. The van der Waals surface area contributed by atoms with E-state index >= 15 is 0 Å². The Bertz CT molecular complexity index is 616. The zero-order valence-electron chi connectivity index (χ0n) is 16.5.